The number of carbonyl (C=O) groups excluding carboxylic acids is 2. The second-order valence-electron chi connectivity index (χ2n) is 8.62. The van der Waals surface area contributed by atoms with Gasteiger partial charge in [0.1, 0.15) is 0 Å². The zero-order valence-corrected chi connectivity index (χ0v) is 18.1. The van der Waals surface area contributed by atoms with Gasteiger partial charge in [-0.3, -0.25) is 9.59 Å². The van der Waals surface area contributed by atoms with Crippen LogP contribution in [0.15, 0.2) is 0 Å². The van der Waals surface area contributed by atoms with Crippen LogP contribution in [-0.2, 0) is 19.1 Å². The van der Waals surface area contributed by atoms with Crippen molar-refractivity contribution in [2.45, 2.75) is 91.5 Å². The molecule has 1 saturated heterocycles. The predicted molar refractivity (Wildman–Crippen MR) is 109 cm³/mol. The molecule has 1 rings (SSSR count). The number of ether oxygens (including phenoxy) is 2. The Kier molecular flexibility index (Phi) is 11.8. The first-order chi connectivity index (χ1) is 12.9. The van der Waals surface area contributed by atoms with Crippen molar-refractivity contribution in [3.8, 4) is 0 Å². The third kappa shape index (κ3) is 9.70. The summed E-state index contributed by atoms with van der Waals surface area (Å²) in [6.45, 7) is 11.3. The van der Waals surface area contributed by atoms with Gasteiger partial charge in [0.25, 0.3) is 0 Å². The van der Waals surface area contributed by atoms with Crippen LogP contribution in [-0.4, -0.2) is 55.6 Å². The van der Waals surface area contributed by atoms with Crippen LogP contribution in [0.1, 0.15) is 85.5 Å². The molecule has 158 valence electrons. The van der Waals surface area contributed by atoms with E-state index >= 15 is 0 Å². The van der Waals surface area contributed by atoms with Crippen molar-refractivity contribution in [2.75, 3.05) is 33.0 Å². The zero-order chi connectivity index (χ0) is 20.1. The molecule has 0 radical (unpaired) electrons. The molecule has 0 aromatic rings. The molecule has 5 heteroatoms. The number of ketones is 1. The number of unbranched alkanes of at least 4 members (excludes halogenated alkanes) is 4. The molecule has 0 aromatic heterocycles. The lowest BCUT2D eigenvalue weighted by Crippen LogP contribution is -2.45. The molecule has 0 aliphatic carbocycles. The highest BCUT2D eigenvalue weighted by atomic mass is 16.5. The van der Waals surface area contributed by atoms with Crippen molar-refractivity contribution in [3.63, 3.8) is 0 Å². The second-order valence-corrected chi connectivity index (χ2v) is 8.62. The molecule has 1 amide bonds. The molecule has 0 spiro atoms. The molecule has 1 heterocycles. The number of rotatable bonds is 14. The summed E-state index contributed by atoms with van der Waals surface area (Å²) in [5, 5.41) is 0. The molecule has 0 N–H and O–H groups in total. The molecule has 1 aliphatic rings. The Morgan fingerprint density at radius 2 is 1.56 bits per heavy atom. The highest BCUT2D eigenvalue weighted by Gasteiger charge is 2.37. The van der Waals surface area contributed by atoms with Crippen molar-refractivity contribution >= 4 is 11.7 Å². The Labute approximate surface area is 166 Å². The van der Waals surface area contributed by atoms with Gasteiger partial charge < -0.3 is 14.4 Å². The lowest BCUT2D eigenvalue weighted by Gasteiger charge is -2.30. The molecule has 1 atom stereocenters. The zero-order valence-electron chi connectivity index (χ0n) is 18.1. The standard InChI is InChI=1S/C22H41NO4/c1-5-6-7-8-9-15-26-17-18-27-16-11-13-20(24)19-12-10-14-23(19)21(25)22(2,3)4/h19H,5-18H2,1-4H3. The van der Waals surface area contributed by atoms with Crippen molar-refractivity contribution < 1.29 is 19.1 Å². The summed E-state index contributed by atoms with van der Waals surface area (Å²) in [7, 11) is 0. The first-order valence-corrected chi connectivity index (χ1v) is 10.9. The molecule has 1 fully saturated rings. The van der Waals surface area contributed by atoms with Crippen LogP contribution in [0.4, 0.5) is 0 Å². The highest BCUT2D eigenvalue weighted by molar-refractivity contribution is 5.91. The quantitative estimate of drug-likeness (QED) is 0.418. The number of hydrogen-bond acceptors (Lipinski definition) is 4. The summed E-state index contributed by atoms with van der Waals surface area (Å²) in [5.41, 5.74) is -0.429. The molecule has 1 unspecified atom stereocenters. The SMILES string of the molecule is CCCCCCCOCCOCCCC(=O)C1CCCN1C(=O)C(C)(C)C. The molecule has 5 nitrogen and oxygen atoms in total. The molecule has 1 aliphatic heterocycles. The summed E-state index contributed by atoms with van der Waals surface area (Å²) >= 11 is 0. The van der Waals surface area contributed by atoms with E-state index in [1.54, 1.807) is 4.90 Å². The van der Waals surface area contributed by atoms with Crippen LogP contribution in [0.25, 0.3) is 0 Å². The maximum atomic E-state index is 12.5. The van der Waals surface area contributed by atoms with Crippen LogP contribution < -0.4 is 0 Å². The van der Waals surface area contributed by atoms with Crippen molar-refractivity contribution in [2.24, 2.45) is 5.41 Å². The monoisotopic (exact) mass is 383 g/mol. The largest absolute Gasteiger partial charge is 0.379 e. The summed E-state index contributed by atoms with van der Waals surface area (Å²) in [6, 6.07) is -0.229. The minimum atomic E-state index is -0.429. The number of Topliss-reactive ketones (excluding diaryl/α,β-unsaturated/α-hetero) is 1. The van der Waals surface area contributed by atoms with Crippen LogP contribution >= 0.6 is 0 Å². The van der Waals surface area contributed by atoms with E-state index in [1.165, 1.54) is 25.7 Å². The molecular weight excluding hydrogens is 342 g/mol. The minimum absolute atomic E-state index is 0.0847. The maximum absolute atomic E-state index is 12.5. The molecule has 0 bridgehead atoms. The Morgan fingerprint density at radius 1 is 0.926 bits per heavy atom. The topological polar surface area (TPSA) is 55.8 Å². The molecule has 0 saturated carbocycles. The van der Waals surface area contributed by atoms with Crippen molar-refractivity contribution in [3.05, 3.63) is 0 Å². The number of hydrogen-bond donors (Lipinski definition) is 0. The van der Waals surface area contributed by atoms with Crippen LogP contribution in [0.3, 0.4) is 0 Å². The number of amides is 1. The fourth-order valence-electron chi connectivity index (χ4n) is 3.42. The summed E-state index contributed by atoms with van der Waals surface area (Å²) < 4.78 is 11.1. The van der Waals surface area contributed by atoms with E-state index in [0.29, 0.717) is 39.2 Å². The fraction of sp³-hybridized carbons (Fsp3) is 0.909. The van der Waals surface area contributed by atoms with Gasteiger partial charge in [-0.25, -0.2) is 0 Å². The highest BCUT2D eigenvalue weighted by Crippen LogP contribution is 2.26. The summed E-state index contributed by atoms with van der Waals surface area (Å²) in [4.78, 5) is 26.8. The van der Waals surface area contributed by atoms with Crippen LogP contribution in [0.5, 0.6) is 0 Å². The maximum Gasteiger partial charge on any atom is 0.228 e. The Morgan fingerprint density at radius 3 is 2.19 bits per heavy atom. The third-order valence-electron chi connectivity index (χ3n) is 5.00. The summed E-state index contributed by atoms with van der Waals surface area (Å²) in [6.07, 6.45) is 9.16. The van der Waals surface area contributed by atoms with Gasteiger partial charge in [0, 0.05) is 31.6 Å². The smallest absolute Gasteiger partial charge is 0.228 e. The van der Waals surface area contributed by atoms with Gasteiger partial charge in [0.15, 0.2) is 5.78 Å². The lowest BCUT2D eigenvalue weighted by atomic mass is 9.93. The number of likely N-dealkylation sites (tertiary alicyclic amines) is 1. The van der Waals surface area contributed by atoms with E-state index in [0.717, 1.165) is 25.9 Å². The van der Waals surface area contributed by atoms with Crippen molar-refractivity contribution in [1.82, 2.24) is 4.90 Å². The number of carbonyl (C=O) groups is 2. The van der Waals surface area contributed by atoms with Crippen LogP contribution in [0.2, 0.25) is 0 Å². The average Bonchev–Trinajstić information content (AvgIpc) is 3.10. The van der Waals surface area contributed by atoms with Gasteiger partial charge in [-0.05, 0) is 25.7 Å². The molecule has 0 aromatic carbocycles. The molecule has 27 heavy (non-hydrogen) atoms. The van der Waals surface area contributed by atoms with Crippen molar-refractivity contribution in [1.29, 1.82) is 0 Å². The Bertz CT molecular complexity index is 431. The van der Waals surface area contributed by atoms with E-state index in [9.17, 15) is 9.59 Å². The second kappa shape index (κ2) is 13.3. The average molecular weight is 384 g/mol. The van der Waals surface area contributed by atoms with E-state index in [1.807, 2.05) is 20.8 Å². The summed E-state index contributed by atoms with van der Waals surface area (Å²) in [5.74, 6) is 0.262. The minimum Gasteiger partial charge on any atom is -0.379 e. The van der Waals surface area contributed by atoms with E-state index in [2.05, 4.69) is 6.92 Å². The van der Waals surface area contributed by atoms with Crippen LogP contribution in [0, 0.1) is 5.41 Å². The van der Waals surface area contributed by atoms with Gasteiger partial charge >= 0.3 is 0 Å². The van der Waals surface area contributed by atoms with Gasteiger partial charge in [-0.1, -0.05) is 53.4 Å². The molecular formula is C22H41NO4. The fourth-order valence-corrected chi connectivity index (χ4v) is 3.42. The number of nitrogens with zero attached hydrogens (tertiary/aromatic N) is 1. The van der Waals surface area contributed by atoms with Gasteiger partial charge in [0.2, 0.25) is 5.91 Å². The van der Waals surface area contributed by atoms with Gasteiger partial charge in [-0.2, -0.15) is 0 Å². The van der Waals surface area contributed by atoms with E-state index in [-0.39, 0.29) is 17.7 Å². The normalized spacial score (nSPS) is 17.5. The lowest BCUT2D eigenvalue weighted by molar-refractivity contribution is -0.144. The van der Waals surface area contributed by atoms with Gasteiger partial charge in [-0.15, -0.1) is 0 Å². The first kappa shape index (κ1) is 24.1. The van der Waals surface area contributed by atoms with E-state index in [4.69, 9.17) is 9.47 Å². The van der Waals surface area contributed by atoms with E-state index < -0.39 is 5.41 Å². The third-order valence-corrected chi connectivity index (χ3v) is 5.00. The van der Waals surface area contributed by atoms with Gasteiger partial charge in [0.05, 0.1) is 19.3 Å². The Balaban J connectivity index is 2.06. The first-order valence-electron chi connectivity index (χ1n) is 10.9. The predicted octanol–water partition coefficient (Wildman–Crippen LogP) is 4.38. The Hall–Kier alpha value is -0.940.